The molecule has 1 N–H and O–H groups in total. The van der Waals surface area contributed by atoms with Crippen LogP contribution < -0.4 is 5.32 Å². The van der Waals surface area contributed by atoms with E-state index in [-0.39, 0.29) is 18.2 Å². The number of rotatable bonds is 2. The van der Waals surface area contributed by atoms with Crippen molar-refractivity contribution in [2.75, 3.05) is 18.4 Å². The normalized spacial score (nSPS) is 22.0. The maximum atomic E-state index is 12.3. The van der Waals surface area contributed by atoms with Gasteiger partial charge in [0.15, 0.2) is 0 Å². The summed E-state index contributed by atoms with van der Waals surface area (Å²) in [5.41, 5.74) is 1.12. The number of aromatic nitrogens is 2. The number of nitrogens with one attached hydrogen (secondary N) is 1. The van der Waals surface area contributed by atoms with Crippen LogP contribution in [0.1, 0.15) is 18.6 Å². The number of anilines is 1. The molecule has 1 aliphatic rings. The molecule has 0 spiro atoms. The van der Waals surface area contributed by atoms with E-state index in [1.165, 1.54) is 6.33 Å². The van der Waals surface area contributed by atoms with Crippen LogP contribution in [0.2, 0.25) is 0 Å². The zero-order chi connectivity index (χ0) is 14.7. The van der Waals surface area contributed by atoms with Gasteiger partial charge in [-0.05, 0) is 35.4 Å². The summed E-state index contributed by atoms with van der Waals surface area (Å²) >= 11 is 1.63. The molecular weight excluding hydrogens is 288 g/mol. The molecule has 1 saturated heterocycles. The monoisotopic (exact) mass is 304 g/mol. The number of carbonyl (C=O) groups is 1. The molecule has 110 valence electrons. The second kappa shape index (κ2) is 6.19. The van der Waals surface area contributed by atoms with Crippen LogP contribution in [0, 0.1) is 0 Å². The van der Waals surface area contributed by atoms with Crippen molar-refractivity contribution < 1.29 is 9.53 Å². The maximum Gasteiger partial charge on any atom is 0.323 e. The lowest BCUT2D eigenvalue weighted by Gasteiger charge is -2.36. The number of ether oxygens (including phenoxy) is 1. The fraction of sp³-hybridized carbons (Fsp3) is 0.357. The summed E-state index contributed by atoms with van der Waals surface area (Å²) in [5.74, 6) is 0.501. The molecule has 2 aromatic rings. The van der Waals surface area contributed by atoms with Crippen molar-refractivity contribution in [3.8, 4) is 0 Å². The lowest BCUT2D eigenvalue weighted by atomic mass is 10.1. The Hall–Kier alpha value is -1.99. The number of urea groups is 1. The fourth-order valence-electron chi connectivity index (χ4n) is 2.31. The second-order valence-corrected chi connectivity index (χ2v) is 5.70. The second-order valence-electron chi connectivity index (χ2n) is 4.92. The van der Waals surface area contributed by atoms with Crippen molar-refractivity contribution in [2.45, 2.75) is 19.1 Å². The predicted molar refractivity (Wildman–Crippen MR) is 80.2 cm³/mol. The number of morpholine rings is 1. The number of nitrogens with zero attached hydrogens (tertiary/aromatic N) is 3. The number of carbonyl (C=O) groups excluding carboxylic acids is 1. The molecule has 3 heterocycles. The highest BCUT2D eigenvalue weighted by molar-refractivity contribution is 7.07. The first-order valence-electron chi connectivity index (χ1n) is 6.72. The van der Waals surface area contributed by atoms with Gasteiger partial charge < -0.3 is 9.64 Å². The molecule has 0 radical (unpaired) electrons. The van der Waals surface area contributed by atoms with Crippen molar-refractivity contribution in [3.63, 3.8) is 0 Å². The molecule has 6 nitrogen and oxygen atoms in total. The van der Waals surface area contributed by atoms with E-state index in [4.69, 9.17) is 4.74 Å². The van der Waals surface area contributed by atoms with Crippen LogP contribution in [0.3, 0.4) is 0 Å². The zero-order valence-corrected chi connectivity index (χ0v) is 12.4. The van der Waals surface area contributed by atoms with Crippen molar-refractivity contribution in [1.29, 1.82) is 0 Å². The molecule has 0 aromatic carbocycles. The fourth-order valence-corrected chi connectivity index (χ4v) is 3.01. The highest BCUT2D eigenvalue weighted by atomic mass is 32.1. The molecule has 2 atom stereocenters. The third-order valence-electron chi connectivity index (χ3n) is 3.28. The number of hydrogen-bond donors (Lipinski definition) is 1. The highest BCUT2D eigenvalue weighted by Crippen LogP contribution is 2.27. The largest absolute Gasteiger partial charge is 0.367 e. The van der Waals surface area contributed by atoms with E-state index >= 15 is 0 Å². The number of amides is 2. The molecule has 1 aliphatic heterocycles. The average molecular weight is 304 g/mol. The van der Waals surface area contributed by atoms with E-state index in [0.29, 0.717) is 18.9 Å². The van der Waals surface area contributed by atoms with Crippen molar-refractivity contribution in [3.05, 3.63) is 41.0 Å². The minimum absolute atomic E-state index is 0.000186. The van der Waals surface area contributed by atoms with Crippen LogP contribution in [0.5, 0.6) is 0 Å². The van der Waals surface area contributed by atoms with Crippen LogP contribution in [0.25, 0.3) is 0 Å². The van der Waals surface area contributed by atoms with Gasteiger partial charge in [-0.25, -0.2) is 14.8 Å². The van der Waals surface area contributed by atoms with E-state index in [2.05, 4.69) is 20.7 Å². The van der Waals surface area contributed by atoms with E-state index < -0.39 is 0 Å². The number of thiophene rings is 1. The lowest BCUT2D eigenvalue weighted by Crippen LogP contribution is -2.47. The summed E-state index contributed by atoms with van der Waals surface area (Å²) in [7, 11) is 0. The molecule has 0 saturated carbocycles. The summed E-state index contributed by atoms with van der Waals surface area (Å²) in [6, 6.07) is 3.54. The quantitative estimate of drug-likeness (QED) is 0.926. The molecule has 0 unspecified atom stereocenters. The maximum absolute atomic E-state index is 12.3. The van der Waals surface area contributed by atoms with Gasteiger partial charge in [0.25, 0.3) is 0 Å². The first-order valence-corrected chi connectivity index (χ1v) is 7.66. The molecule has 0 bridgehead atoms. The van der Waals surface area contributed by atoms with Gasteiger partial charge in [-0.1, -0.05) is 0 Å². The molecule has 2 amide bonds. The van der Waals surface area contributed by atoms with Crippen molar-refractivity contribution in [2.24, 2.45) is 0 Å². The minimum atomic E-state index is -0.163. The van der Waals surface area contributed by atoms with E-state index in [1.54, 1.807) is 28.5 Å². The Morgan fingerprint density at radius 3 is 3.10 bits per heavy atom. The highest BCUT2D eigenvalue weighted by Gasteiger charge is 2.29. The van der Waals surface area contributed by atoms with Gasteiger partial charge >= 0.3 is 6.03 Å². The van der Waals surface area contributed by atoms with Crippen LogP contribution in [0.4, 0.5) is 10.6 Å². The van der Waals surface area contributed by atoms with Crippen LogP contribution in [0.15, 0.2) is 35.4 Å². The Morgan fingerprint density at radius 2 is 2.38 bits per heavy atom. The van der Waals surface area contributed by atoms with Crippen molar-refractivity contribution in [1.82, 2.24) is 14.9 Å². The Labute approximate surface area is 126 Å². The molecule has 3 rings (SSSR count). The van der Waals surface area contributed by atoms with Gasteiger partial charge in [-0.15, -0.1) is 0 Å². The Kier molecular flexibility index (Phi) is 4.12. The molecule has 7 heteroatoms. The number of hydrogen-bond acceptors (Lipinski definition) is 5. The van der Waals surface area contributed by atoms with E-state index in [0.717, 1.165) is 5.56 Å². The Morgan fingerprint density at radius 1 is 1.48 bits per heavy atom. The first-order chi connectivity index (χ1) is 10.2. The van der Waals surface area contributed by atoms with Crippen LogP contribution >= 0.6 is 11.3 Å². The average Bonchev–Trinajstić information content (AvgIpc) is 3.02. The molecular formula is C14H16N4O2S. The summed E-state index contributed by atoms with van der Waals surface area (Å²) in [6.07, 6.45) is 2.93. The van der Waals surface area contributed by atoms with Gasteiger partial charge in [-0.3, -0.25) is 5.32 Å². The molecule has 2 aromatic heterocycles. The first kappa shape index (κ1) is 14.0. The summed E-state index contributed by atoms with van der Waals surface area (Å²) in [6.45, 7) is 3.08. The van der Waals surface area contributed by atoms with Gasteiger partial charge in [0.05, 0.1) is 12.6 Å². The molecule has 0 aliphatic carbocycles. The summed E-state index contributed by atoms with van der Waals surface area (Å²) in [4.78, 5) is 21.9. The molecule has 1 fully saturated rings. The SMILES string of the molecule is C[C@@H]1CN(C(=O)Nc2ccncn2)C[C@H](c2ccsc2)O1. The van der Waals surface area contributed by atoms with E-state index in [1.807, 2.05) is 18.4 Å². The molecule has 21 heavy (non-hydrogen) atoms. The van der Waals surface area contributed by atoms with Gasteiger partial charge in [0, 0.05) is 12.7 Å². The predicted octanol–water partition coefficient (Wildman–Crippen LogP) is 2.53. The standard InChI is InChI=1S/C14H16N4O2S/c1-10-6-18(7-12(20-10)11-3-5-21-8-11)14(19)17-13-2-4-15-9-16-13/h2-5,8-10,12H,6-7H2,1H3,(H,15,16,17,19)/t10-,12-/m1/s1. The van der Waals surface area contributed by atoms with Crippen LogP contribution in [-0.4, -0.2) is 40.1 Å². The van der Waals surface area contributed by atoms with Gasteiger partial charge in [0.1, 0.15) is 18.2 Å². The smallest absolute Gasteiger partial charge is 0.323 e. The van der Waals surface area contributed by atoms with Crippen molar-refractivity contribution >= 4 is 23.2 Å². The van der Waals surface area contributed by atoms with E-state index in [9.17, 15) is 4.79 Å². The zero-order valence-electron chi connectivity index (χ0n) is 11.6. The third kappa shape index (κ3) is 3.37. The van der Waals surface area contributed by atoms with Gasteiger partial charge in [-0.2, -0.15) is 11.3 Å². The Balaban J connectivity index is 1.68. The summed E-state index contributed by atoms with van der Waals surface area (Å²) < 4.78 is 5.92. The Bertz CT molecular complexity index is 590. The minimum Gasteiger partial charge on any atom is -0.367 e. The third-order valence-corrected chi connectivity index (χ3v) is 3.98. The lowest BCUT2D eigenvalue weighted by molar-refractivity contribution is -0.0641. The topological polar surface area (TPSA) is 67.4 Å². The van der Waals surface area contributed by atoms with Crippen LogP contribution in [-0.2, 0) is 4.74 Å². The van der Waals surface area contributed by atoms with Gasteiger partial charge in [0.2, 0.25) is 0 Å². The summed E-state index contributed by atoms with van der Waals surface area (Å²) in [5, 5.41) is 6.86.